The first-order chi connectivity index (χ1) is 6.96. The Hall–Kier alpha value is -0.700. The van der Waals surface area contributed by atoms with Crippen LogP contribution in [0.15, 0.2) is 0 Å². The molecule has 1 heterocycles. The zero-order valence-corrected chi connectivity index (χ0v) is 9.18. The molecule has 0 aromatic carbocycles. The standard InChI is InChI=1S/C6H9ClN2O5S/c7-3-4-8-15(12,13)14-9-5(10)1-2-6(9)11/h8H,1-4H2. The van der Waals surface area contributed by atoms with E-state index in [1.54, 1.807) is 0 Å². The van der Waals surface area contributed by atoms with Crippen molar-refractivity contribution in [2.45, 2.75) is 12.8 Å². The third-order valence-corrected chi connectivity index (χ3v) is 2.64. The molecule has 7 nitrogen and oxygen atoms in total. The molecular weight excluding hydrogens is 248 g/mol. The molecule has 0 aliphatic carbocycles. The van der Waals surface area contributed by atoms with Crippen molar-refractivity contribution in [2.24, 2.45) is 0 Å². The number of carbonyl (C=O) groups is 2. The monoisotopic (exact) mass is 256 g/mol. The van der Waals surface area contributed by atoms with E-state index in [0.29, 0.717) is 0 Å². The van der Waals surface area contributed by atoms with Gasteiger partial charge >= 0.3 is 10.3 Å². The molecular formula is C6H9ClN2O5S. The predicted octanol–water partition coefficient (Wildman–Crippen LogP) is -0.860. The Bertz CT molecular complexity index is 352. The maximum absolute atomic E-state index is 11.1. The summed E-state index contributed by atoms with van der Waals surface area (Å²) in [4.78, 5) is 22.0. The molecule has 1 aliphatic rings. The van der Waals surface area contributed by atoms with Gasteiger partial charge in [-0.25, -0.2) is 0 Å². The van der Waals surface area contributed by atoms with Gasteiger partial charge in [0.25, 0.3) is 11.8 Å². The van der Waals surface area contributed by atoms with Crippen LogP contribution in [0.5, 0.6) is 0 Å². The van der Waals surface area contributed by atoms with Gasteiger partial charge < -0.3 is 0 Å². The van der Waals surface area contributed by atoms with Crippen molar-refractivity contribution in [1.29, 1.82) is 0 Å². The molecule has 0 atom stereocenters. The Morgan fingerprint density at radius 3 is 2.33 bits per heavy atom. The van der Waals surface area contributed by atoms with Gasteiger partial charge in [0.2, 0.25) is 0 Å². The summed E-state index contributed by atoms with van der Waals surface area (Å²) in [5, 5.41) is 0.247. The highest BCUT2D eigenvalue weighted by Gasteiger charge is 2.34. The first kappa shape index (κ1) is 12.4. The van der Waals surface area contributed by atoms with Gasteiger partial charge in [-0.05, 0) is 0 Å². The molecule has 0 radical (unpaired) electrons. The van der Waals surface area contributed by atoms with Gasteiger partial charge in [-0.1, -0.05) is 0 Å². The fourth-order valence-electron chi connectivity index (χ4n) is 0.927. The SMILES string of the molecule is O=C1CCC(=O)N1OS(=O)(=O)NCCCl. The number of rotatable bonds is 5. The molecule has 2 amide bonds. The van der Waals surface area contributed by atoms with Crippen LogP contribution in [-0.4, -0.2) is 37.7 Å². The zero-order valence-electron chi connectivity index (χ0n) is 7.60. The fraction of sp³-hybridized carbons (Fsp3) is 0.667. The van der Waals surface area contributed by atoms with Crippen LogP contribution >= 0.6 is 11.6 Å². The molecule has 0 aromatic heterocycles. The van der Waals surface area contributed by atoms with E-state index in [2.05, 4.69) is 4.28 Å². The topological polar surface area (TPSA) is 92.8 Å². The summed E-state index contributed by atoms with van der Waals surface area (Å²) < 4.78 is 28.4. The van der Waals surface area contributed by atoms with E-state index in [-0.39, 0.29) is 30.3 Å². The summed E-state index contributed by atoms with van der Waals surface area (Å²) in [6.45, 7) is -0.0416. The quantitative estimate of drug-likeness (QED) is 0.510. The number of nitrogens with zero attached hydrogens (tertiary/aromatic N) is 1. The second-order valence-corrected chi connectivity index (χ2v) is 4.42. The van der Waals surface area contributed by atoms with Crippen LogP contribution < -0.4 is 4.72 Å². The van der Waals surface area contributed by atoms with E-state index in [0.717, 1.165) is 0 Å². The number of alkyl halides is 1. The average Bonchev–Trinajstić information content (AvgIpc) is 2.46. The lowest BCUT2D eigenvalue weighted by molar-refractivity contribution is -0.163. The van der Waals surface area contributed by atoms with Gasteiger partial charge in [0, 0.05) is 25.3 Å². The molecule has 0 aromatic rings. The largest absolute Gasteiger partial charge is 0.357 e. The van der Waals surface area contributed by atoms with E-state index in [1.165, 1.54) is 0 Å². The van der Waals surface area contributed by atoms with Crippen molar-refractivity contribution in [3.8, 4) is 0 Å². The summed E-state index contributed by atoms with van der Waals surface area (Å²) in [6, 6.07) is 0. The van der Waals surface area contributed by atoms with Crippen molar-refractivity contribution in [3.05, 3.63) is 0 Å². The van der Waals surface area contributed by atoms with Crippen LogP contribution in [0.25, 0.3) is 0 Å². The molecule has 0 saturated carbocycles. The number of hydrogen-bond donors (Lipinski definition) is 1. The lowest BCUT2D eigenvalue weighted by Crippen LogP contribution is -2.38. The second-order valence-electron chi connectivity index (χ2n) is 2.69. The number of carbonyl (C=O) groups excluding carboxylic acids is 2. The number of hydroxylamine groups is 2. The Morgan fingerprint density at radius 1 is 1.33 bits per heavy atom. The maximum Gasteiger partial charge on any atom is 0.357 e. The number of halogens is 1. The highest BCUT2D eigenvalue weighted by atomic mass is 35.5. The summed E-state index contributed by atoms with van der Waals surface area (Å²) in [5.74, 6) is -1.28. The van der Waals surface area contributed by atoms with E-state index in [4.69, 9.17) is 11.6 Å². The Labute approximate surface area is 91.5 Å². The molecule has 0 bridgehead atoms. The summed E-state index contributed by atoms with van der Waals surface area (Å²) >= 11 is 5.25. The van der Waals surface area contributed by atoms with Gasteiger partial charge in [0.1, 0.15) is 0 Å². The zero-order chi connectivity index (χ0) is 11.5. The van der Waals surface area contributed by atoms with Gasteiger partial charge in [-0.15, -0.1) is 20.9 Å². The molecule has 86 valence electrons. The first-order valence-corrected chi connectivity index (χ1v) is 6.01. The van der Waals surface area contributed by atoms with E-state index < -0.39 is 22.1 Å². The number of imide groups is 1. The molecule has 1 N–H and O–H groups in total. The Balaban J connectivity index is 2.60. The molecule has 1 saturated heterocycles. The van der Waals surface area contributed by atoms with Crippen molar-refractivity contribution in [2.75, 3.05) is 12.4 Å². The number of hydrogen-bond acceptors (Lipinski definition) is 5. The fourth-order valence-corrected chi connectivity index (χ4v) is 1.90. The molecule has 1 rings (SSSR count). The van der Waals surface area contributed by atoms with Crippen LogP contribution in [0.3, 0.4) is 0 Å². The van der Waals surface area contributed by atoms with Crippen LogP contribution in [0.4, 0.5) is 0 Å². The molecule has 9 heteroatoms. The van der Waals surface area contributed by atoms with Crippen molar-refractivity contribution < 1.29 is 22.3 Å². The smallest absolute Gasteiger partial charge is 0.272 e. The van der Waals surface area contributed by atoms with E-state index >= 15 is 0 Å². The average molecular weight is 257 g/mol. The minimum atomic E-state index is -4.14. The van der Waals surface area contributed by atoms with Gasteiger partial charge in [0.15, 0.2) is 0 Å². The van der Waals surface area contributed by atoms with E-state index in [1.807, 2.05) is 4.72 Å². The molecule has 0 unspecified atom stereocenters. The second kappa shape index (κ2) is 4.88. The van der Waals surface area contributed by atoms with Crippen LogP contribution in [-0.2, 0) is 24.2 Å². The third-order valence-electron chi connectivity index (χ3n) is 1.55. The Kier molecular flexibility index (Phi) is 4.03. The number of amides is 2. The highest BCUT2D eigenvalue weighted by molar-refractivity contribution is 7.84. The summed E-state index contributed by atoms with van der Waals surface area (Å²) in [6.07, 6.45) is -0.0757. The molecule has 15 heavy (non-hydrogen) atoms. The first-order valence-electron chi connectivity index (χ1n) is 4.07. The van der Waals surface area contributed by atoms with Crippen LogP contribution in [0.1, 0.15) is 12.8 Å². The lowest BCUT2D eigenvalue weighted by Gasteiger charge is -2.12. The molecule has 1 fully saturated rings. The Morgan fingerprint density at radius 2 is 1.87 bits per heavy atom. The van der Waals surface area contributed by atoms with Gasteiger partial charge in [-0.3, -0.25) is 9.59 Å². The van der Waals surface area contributed by atoms with Crippen molar-refractivity contribution in [3.63, 3.8) is 0 Å². The number of nitrogens with one attached hydrogen (secondary N) is 1. The van der Waals surface area contributed by atoms with Crippen LogP contribution in [0.2, 0.25) is 0 Å². The molecule has 1 aliphatic heterocycles. The van der Waals surface area contributed by atoms with Gasteiger partial charge in [-0.2, -0.15) is 13.1 Å². The minimum Gasteiger partial charge on any atom is -0.272 e. The van der Waals surface area contributed by atoms with Crippen LogP contribution in [0, 0.1) is 0 Å². The summed E-state index contributed by atoms with van der Waals surface area (Å²) in [7, 11) is -4.14. The minimum absolute atomic E-state index is 0.0378. The third kappa shape index (κ3) is 3.42. The van der Waals surface area contributed by atoms with Gasteiger partial charge in [0.05, 0.1) is 0 Å². The van der Waals surface area contributed by atoms with Crippen molar-refractivity contribution >= 4 is 33.7 Å². The highest BCUT2D eigenvalue weighted by Crippen LogP contribution is 2.13. The maximum atomic E-state index is 11.1. The lowest BCUT2D eigenvalue weighted by atomic mass is 10.4. The normalized spacial score (nSPS) is 17.5. The summed E-state index contributed by atoms with van der Waals surface area (Å²) in [5.41, 5.74) is 0. The van der Waals surface area contributed by atoms with Crippen molar-refractivity contribution in [1.82, 2.24) is 9.79 Å². The van der Waals surface area contributed by atoms with E-state index in [9.17, 15) is 18.0 Å². The predicted molar refractivity (Wildman–Crippen MR) is 49.8 cm³/mol. The molecule has 0 spiro atoms.